The molecule has 0 aliphatic heterocycles. The van der Waals surface area contributed by atoms with Crippen molar-refractivity contribution in [2.24, 2.45) is 0 Å². The van der Waals surface area contributed by atoms with Crippen molar-refractivity contribution in [2.75, 3.05) is 7.11 Å². The summed E-state index contributed by atoms with van der Waals surface area (Å²) in [5.74, 6) is -0.564. The van der Waals surface area contributed by atoms with E-state index in [-0.39, 0.29) is 11.3 Å². The number of aromatic hydroxyl groups is 1. The van der Waals surface area contributed by atoms with Crippen molar-refractivity contribution >= 4 is 28.6 Å². The number of hydrogen-bond acceptors (Lipinski definition) is 3. The largest absolute Gasteiger partial charge is 0.507 e. The molecule has 0 heterocycles. The molecule has 1 aromatic rings. The fourth-order valence-electron chi connectivity index (χ4n) is 0.817. The maximum atomic E-state index is 11.1. The Bertz CT molecular complexity index is 289. The average molecular weight is 278 g/mol. The van der Waals surface area contributed by atoms with E-state index in [1.807, 2.05) is 22.6 Å². The van der Waals surface area contributed by atoms with Crippen LogP contribution in [0.2, 0.25) is 0 Å². The first kappa shape index (κ1) is 9.31. The van der Waals surface area contributed by atoms with E-state index in [0.29, 0.717) is 3.57 Å². The molecule has 0 spiro atoms. The van der Waals surface area contributed by atoms with E-state index >= 15 is 0 Å². The molecule has 64 valence electrons. The standard InChI is InChI=1S/C8H7IO3/c1-12-8(11)7-5(9)3-2-4-6(7)10/h2-4,10H,1H3. The molecule has 0 saturated carbocycles. The topological polar surface area (TPSA) is 46.5 Å². The number of carbonyl (C=O) groups is 1. The molecule has 12 heavy (non-hydrogen) atoms. The molecule has 0 atom stereocenters. The third-order valence-electron chi connectivity index (χ3n) is 1.38. The number of rotatable bonds is 1. The van der Waals surface area contributed by atoms with Crippen molar-refractivity contribution in [3.63, 3.8) is 0 Å². The lowest BCUT2D eigenvalue weighted by molar-refractivity contribution is 0.0596. The summed E-state index contributed by atoms with van der Waals surface area (Å²) in [6.45, 7) is 0. The Balaban J connectivity index is 3.21. The molecule has 0 saturated heterocycles. The number of hydrogen-bond donors (Lipinski definition) is 1. The molecule has 1 aromatic carbocycles. The van der Waals surface area contributed by atoms with Crippen LogP contribution in [-0.2, 0) is 4.74 Å². The van der Waals surface area contributed by atoms with Gasteiger partial charge in [-0.05, 0) is 34.7 Å². The summed E-state index contributed by atoms with van der Waals surface area (Å²) in [7, 11) is 1.28. The maximum absolute atomic E-state index is 11.1. The fraction of sp³-hybridized carbons (Fsp3) is 0.125. The minimum atomic E-state index is -0.516. The van der Waals surface area contributed by atoms with Gasteiger partial charge in [-0.3, -0.25) is 0 Å². The smallest absolute Gasteiger partial charge is 0.342 e. The van der Waals surface area contributed by atoms with Gasteiger partial charge in [-0.2, -0.15) is 0 Å². The van der Waals surface area contributed by atoms with Gasteiger partial charge in [0.1, 0.15) is 11.3 Å². The molecular formula is C8H7IO3. The zero-order chi connectivity index (χ0) is 9.14. The van der Waals surface area contributed by atoms with Gasteiger partial charge < -0.3 is 9.84 Å². The number of phenols is 1. The van der Waals surface area contributed by atoms with Crippen molar-refractivity contribution in [2.45, 2.75) is 0 Å². The predicted molar refractivity (Wildman–Crippen MR) is 52.2 cm³/mol. The van der Waals surface area contributed by atoms with Gasteiger partial charge in [-0.15, -0.1) is 0 Å². The van der Waals surface area contributed by atoms with E-state index in [0.717, 1.165) is 0 Å². The number of phenolic OH excluding ortho intramolecular Hbond substituents is 1. The van der Waals surface area contributed by atoms with Gasteiger partial charge >= 0.3 is 5.97 Å². The molecular weight excluding hydrogens is 271 g/mol. The SMILES string of the molecule is COC(=O)c1c(O)cccc1I. The minimum Gasteiger partial charge on any atom is -0.507 e. The summed E-state index contributed by atoms with van der Waals surface area (Å²) >= 11 is 1.96. The molecule has 1 rings (SSSR count). The van der Waals surface area contributed by atoms with Crippen LogP contribution < -0.4 is 0 Å². The van der Waals surface area contributed by atoms with Crippen LogP contribution in [0.5, 0.6) is 5.75 Å². The molecule has 0 radical (unpaired) electrons. The van der Waals surface area contributed by atoms with E-state index in [1.165, 1.54) is 13.2 Å². The van der Waals surface area contributed by atoms with Crippen molar-refractivity contribution in [3.8, 4) is 5.75 Å². The molecule has 0 bridgehead atoms. The molecule has 0 unspecified atom stereocenters. The van der Waals surface area contributed by atoms with E-state index in [1.54, 1.807) is 12.1 Å². The Labute approximate surface area is 83.5 Å². The first-order chi connectivity index (χ1) is 5.66. The van der Waals surface area contributed by atoms with E-state index < -0.39 is 5.97 Å². The monoisotopic (exact) mass is 278 g/mol. The van der Waals surface area contributed by atoms with Gasteiger partial charge in [0.15, 0.2) is 0 Å². The lowest BCUT2D eigenvalue weighted by Crippen LogP contribution is -2.03. The molecule has 0 amide bonds. The van der Waals surface area contributed by atoms with Gasteiger partial charge in [0.2, 0.25) is 0 Å². The van der Waals surface area contributed by atoms with Crippen LogP contribution in [0.1, 0.15) is 10.4 Å². The molecule has 4 heteroatoms. The Morgan fingerprint density at radius 3 is 2.75 bits per heavy atom. The number of carbonyl (C=O) groups excluding carboxylic acids is 1. The molecule has 0 aliphatic carbocycles. The number of methoxy groups -OCH3 is 1. The second-order valence-electron chi connectivity index (χ2n) is 2.13. The van der Waals surface area contributed by atoms with Crippen LogP contribution in [0.3, 0.4) is 0 Å². The highest BCUT2D eigenvalue weighted by Crippen LogP contribution is 2.22. The second-order valence-corrected chi connectivity index (χ2v) is 3.29. The predicted octanol–water partition coefficient (Wildman–Crippen LogP) is 1.78. The van der Waals surface area contributed by atoms with Gasteiger partial charge in [0.05, 0.1) is 7.11 Å². The normalized spacial score (nSPS) is 9.50. The van der Waals surface area contributed by atoms with Crippen LogP contribution >= 0.6 is 22.6 Å². The maximum Gasteiger partial charge on any atom is 0.342 e. The summed E-state index contributed by atoms with van der Waals surface area (Å²) in [5.41, 5.74) is 0.223. The summed E-state index contributed by atoms with van der Waals surface area (Å²) in [4.78, 5) is 11.1. The third kappa shape index (κ3) is 1.69. The van der Waals surface area contributed by atoms with Crippen molar-refractivity contribution in [1.29, 1.82) is 0 Å². The van der Waals surface area contributed by atoms with Crippen LogP contribution in [0.25, 0.3) is 0 Å². The highest BCUT2D eigenvalue weighted by molar-refractivity contribution is 14.1. The number of esters is 1. The Morgan fingerprint density at radius 2 is 2.25 bits per heavy atom. The Hall–Kier alpha value is -0.780. The molecule has 3 nitrogen and oxygen atoms in total. The molecule has 0 aliphatic rings. The fourth-order valence-corrected chi connectivity index (χ4v) is 1.52. The lowest BCUT2D eigenvalue weighted by Gasteiger charge is -2.03. The van der Waals surface area contributed by atoms with Crippen LogP contribution in [-0.4, -0.2) is 18.2 Å². The second kappa shape index (κ2) is 3.75. The Kier molecular flexibility index (Phi) is 2.91. The highest BCUT2D eigenvalue weighted by atomic mass is 127. The van der Waals surface area contributed by atoms with E-state index in [9.17, 15) is 9.90 Å². The first-order valence-electron chi connectivity index (χ1n) is 3.22. The highest BCUT2D eigenvalue weighted by Gasteiger charge is 2.14. The Morgan fingerprint density at radius 1 is 1.58 bits per heavy atom. The summed E-state index contributed by atoms with van der Waals surface area (Å²) < 4.78 is 5.17. The number of ether oxygens (including phenoxy) is 1. The lowest BCUT2D eigenvalue weighted by atomic mass is 10.2. The summed E-state index contributed by atoms with van der Waals surface area (Å²) in [6.07, 6.45) is 0. The molecule has 0 aromatic heterocycles. The van der Waals surface area contributed by atoms with Crippen LogP contribution in [0, 0.1) is 3.57 Å². The van der Waals surface area contributed by atoms with Crippen molar-refractivity contribution in [1.82, 2.24) is 0 Å². The number of benzene rings is 1. The van der Waals surface area contributed by atoms with Crippen molar-refractivity contribution in [3.05, 3.63) is 27.3 Å². The van der Waals surface area contributed by atoms with Gasteiger partial charge in [0.25, 0.3) is 0 Å². The molecule has 1 N–H and O–H groups in total. The van der Waals surface area contributed by atoms with E-state index in [2.05, 4.69) is 4.74 Å². The van der Waals surface area contributed by atoms with Crippen LogP contribution in [0.4, 0.5) is 0 Å². The summed E-state index contributed by atoms with van der Waals surface area (Å²) in [6, 6.07) is 4.85. The third-order valence-corrected chi connectivity index (χ3v) is 2.28. The zero-order valence-corrected chi connectivity index (χ0v) is 8.53. The quantitative estimate of drug-likeness (QED) is 0.629. The first-order valence-corrected chi connectivity index (χ1v) is 4.30. The summed E-state index contributed by atoms with van der Waals surface area (Å²) in [5, 5.41) is 9.29. The molecule has 0 fully saturated rings. The zero-order valence-electron chi connectivity index (χ0n) is 6.37. The van der Waals surface area contributed by atoms with Gasteiger partial charge in [0, 0.05) is 3.57 Å². The van der Waals surface area contributed by atoms with Crippen molar-refractivity contribution < 1.29 is 14.6 Å². The van der Waals surface area contributed by atoms with Gasteiger partial charge in [-0.1, -0.05) is 6.07 Å². The van der Waals surface area contributed by atoms with Crippen LogP contribution in [0.15, 0.2) is 18.2 Å². The minimum absolute atomic E-state index is 0.0475. The average Bonchev–Trinajstić information content (AvgIpc) is 2.03. The van der Waals surface area contributed by atoms with Gasteiger partial charge in [-0.25, -0.2) is 4.79 Å². The number of halogens is 1. The van der Waals surface area contributed by atoms with E-state index in [4.69, 9.17) is 0 Å².